The smallest absolute Gasteiger partial charge is 0.231 e. The molecule has 0 spiro atoms. The van der Waals surface area contributed by atoms with Crippen LogP contribution in [-0.4, -0.2) is 18.9 Å². The molecule has 0 aromatic rings. The summed E-state index contributed by atoms with van der Waals surface area (Å²) in [6, 6.07) is 0. The van der Waals surface area contributed by atoms with E-state index in [1.54, 1.807) is 6.92 Å². The zero-order valence-electron chi connectivity index (χ0n) is 8.02. The average Bonchev–Trinajstić information content (AvgIpc) is 2.03. The van der Waals surface area contributed by atoms with E-state index in [-0.39, 0.29) is 5.78 Å². The molecule has 2 nitrogen and oxygen atoms in total. The molecule has 0 aromatic heterocycles. The molecule has 0 atom stereocenters. The number of hydrogen-bond donors (Lipinski definition) is 1. The predicted molar refractivity (Wildman–Crippen MR) is 53.3 cm³/mol. The van der Waals surface area contributed by atoms with Crippen molar-refractivity contribution in [3.8, 4) is 11.8 Å². The second-order valence-electron chi connectivity index (χ2n) is 3.08. The fraction of sp³-hybridized carbons (Fsp3) is 0.545. The van der Waals surface area contributed by atoms with Crippen LogP contribution in [0.4, 0.5) is 0 Å². The van der Waals surface area contributed by atoms with E-state index in [9.17, 15) is 4.79 Å². The zero-order chi connectivity index (χ0) is 9.52. The third-order valence-corrected chi connectivity index (χ3v) is 2.04. The van der Waals surface area contributed by atoms with Gasteiger partial charge in [0.1, 0.15) is 0 Å². The van der Waals surface area contributed by atoms with E-state index in [1.807, 2.05) is 6.08 Å². The number of hydrogen-bond acceptors (Lipinski definition) is 2. The number of allylic oxidation sites excluding steroid dienone is 1. The highest BCUT2D eigenvalue weighted by Gasteiger charge is 2.07. The molecule has 70 valence electrons. The highest BCUT2D eigenvalue weighted by atomic mass is 16.1. The fourth-order valence-corrected chi connectivity index (χ4v) is 1.38. The van der Waals surface area contributed by atoms with Crippen LogP contribution in [0.25, 0.3) is 0 Å². The van der Waals surface area contributed by atoms with Gasteiger partial charge in [0.05, 0.1) is 0 Å². The van der Waals surface area contributed by atoms with Gasteiger partial charge in [0.15, 0.2) is 0 Å². The summed E-state index contributed by atoms with van der Waals surface area (Å²) in [4.78, 5) is 11.4. The van der Waals surface area contributed by atoms with Gasteiger partial charge in [-0.05, 0) is 45.2 Å². The number of carbonyl (C=O) groups excluding carboxylic acids is 1. The maximum absolute atomic E-state index is 11.4. The third kappa shape index (κ3) is 3.43. The maximum atomic E-state index is 11.4. The summed E-state index contributed by atoms with van der Waals surface area (Å²) in [6.07, 6.45) is 4.84. The van der Waals surface area contributed by atoms with Crippen LogP contribution in [0.3, 0.4) is 0 Å². The van der Waals surface area contributed by atoms with Crippen LogP contribution in [0.5, 0.6) is 0 Å². The van der Waals surface area contributed by atoms with Gasteiger partial charge in [-0.2, -0.15) is 0 Å². The summed E-state index contributed by atoms with van der Waals surface area (Å²) in [7, 11) is 0. The van der Waals surface area contributed by atoms with Crippen molar-refractivity contribution in [3.05, 3.63) is 11.6 Å². The number of Topliss-reactive ketones (excluding diaryl/α,β-unsaturated/α-hetero) is 1. The van der Waals surface area contributed by atoms with Crippen molar-refractivity contribution < 1.29 is 4.79 Å². The van der Waals surface area contributed by atoms with Crippen LogP contribution in [0.1, 0.15) is 26.2 Å². The number of rotatable bonds is 1. The first-order chi connectivity index (χ1) is 6.34. The molecule has 13 heavy (non-hydrogen) atoms. The lowest BCUT2D eigenvalue weighted by atomic mass is 10.0. The van der Waals surface area contributed by atoms with Gasteiger partial charge in [-0.25, -0.2) is 0 Å². The Hall–Kier alpha value is -1.07. The SMILES string of the molecule is CC#CC(=O)/C1=C\CCNCCC1. The van der Waals surface area contributed by atoms with Crippen molar-refractivity contribution >= 4 is 5.78 Å². The standard InChI is InChI=1S/C11H15NO/c1-2-5-11(13)10-6-3-8-12-9-4-7-10/h6,12H,3-4,7-9H2,1H3/b10-6-. The summed E-state index contributed by atoms with van der Waals surface area (Å²) in [6.45, 7) is 3.67. The van der Waals surface area contributed by atoms with Crippen molar-refractivity contribution in [2.24, 2.45) is 0 Å². The summed E-state index contributed by atoms with van der Waals surface area (Å²) in [5.41, 5.74) is 0.899. The van der Waals surface area contributed by atoms with Crippen LogP contribution in [0.2, 0.25) is 0 Å². The van der Waals surface area contributed by atoms with Gasteiger partial charge in [-0.3, -0.25) is 4.79 Å². The lowest BCUT2D eigenvalue weighted by molar-refractivity contribution is -0.110. The highest BCUT2D eigenvalue weighted by Crippen LogP contribution is 2.08. The highest BCUT2D eigenvalue weighted by molar-refractivity contribution is 6.08. The third-order valence-electron chi connectivity index (χ3n) is 2.04. The Bertz CT molecular complexity index is 268. The molecule has 1 heterocycles. The van der Waals surface area contributed by atoms with Crippen LogP contribution < -0.4 is 5.32 Å². The number of carbonyl (C=O) groups is 1. The van der Waals surface area contributed by atoms with E-state index in [4.69, 9.17) is 0 Å². The molecule has 0 aromatic carbocycles. The van der Waals surface area contributed by atoms with Gasteiger partial charge < -0.3 is 5.32 Å². The van der Waals surface area contributed by atoms with Gasteiger partial charge in [0.25, 0.3) is 0 Å². The first-order valence-corrected chi connectivity index (χ1v) is 4.71. The molecule has 0 unspecified atom stereocenters. The van der Waals surface area contributed by atoms with Crippen LogP contribution in [0.15, 0.2) is 11.6 Å². The van der Waals surface area contributed by atoms with E-state index in [1.165, 1.54) is 0 Å². The van der Waals surface area contributed by atoms with Crippen molar-refractivity contribution in [1.29, 1.82) is 0 Å². The van der Waals surface area contributed by atoms with E-state index in [0.717, 1.165) is 37.9 Å². The van der Waals surface area contributed by atoms with Gasteiger partial charge in [0.2, 0.25) is 5.78 Å². The Morgan fingerprint density at radius 1 is 1.54 bits per heavy atom. The minimum absolute atomic E-state index is 0.00407. The van der Waals surface area contributed by atoms with E-state index in [0.29, 0.717) is 0 Å². The van der Waals surface area contributed by atoms with Gasteiger partial charge >= 0.3 is 0 Å². The average molecular weight is 177 g/mol. The van der Waals surface area contributed by atoms with E-state index >= 15 is 0 Å². The monoisotopic (exact) mass is 177 g/mol. The Morgan fingerprint density at radius 2 is 2.38 bits per heavy atom. The Kier molecular flexibility index (Phi) is 4.28. The molecule has 0 amide bonds. The van der Waals surface area contributed by atoms with Gasteiger partial charge in [-0.1, -0.05) is 12.0 Å². The second-order valence-corrected chi connectivity index (χ2v) is 3.08. The van der Waals surface area contributed by atoms with Crippen LogP contribution >= 0.6 is 0 Å². The first-order valence-electron chi connectivity index (χ1n) is 4.71. The normalized spacial score (nSPS) is 21.5. The molecule has 1 aliphatic heterocycles. The quantitative estimate of drug-likeness (QED) is 0.483. The molecule has 0 bridgehead atoms. The zero-order valence-corrected chi connectivity index (χ0v) is 8.02. The summed E-state index contributed by atoms with van der Waals surface area (Å²) in [5, 5.41) is 3.29. The molecule has 0 aliphatic carbocycles. The number of nitrogens with one attached hydrogen (secondary N) is 1. The van der Waals surface area contributed by atoms with E-state index in [2.05, 4.69) is 17.2 Å². The van der Waals surface area contributed by atoms with Gasteiger partial charge in [-0.15, -0.1) is 0 Å². The van der Waals surface area contributed by atoms with Crippen molar-refractivity contribution in [2.75, 3.05) is 13.1 Å². The topological polar surface area (TPSA) is 29.1 Å². The Labute approximate surface area is 79.4 Å². The van der Waals surface area contributed by atoms with Crippen molar-refractivity contribution in [1.82, 2.24) is 5.32 Å². The minimum atomic E-state index is 0.00407. The molecular weight excluding hydrogens is 162 g/mol. The molecule has 2 heteroatoms. The predicted octanol–water partition coefficient (Wildman–Crippen LogP) is 1.28. The van der Waals surface area contributed by atoms with Crippen LogP contribution in [-0.2, 0) is 4.79 Å². The molecule has 1 rings (SSSR count). The summed E-state index contributed by atoms with van der Waals surface area (Å²) >= 11 is 0. The minimum Gasteiger partial charge on any atom is -0.316 e. The lowest BCUT2D eigenvalue weighted by Gasteiger charge is -2.08. The lowest BCUT2D eigenvalue weighted by Crippen LogP contribution is -2.19. The Balaban J connectivity index is 2.62. The Morgan fingerprint density at radius 3 is 3.15 bits per heavy atom. The van der Waals surface area contributed by atoms with Crippen molar-refractivity contribution in [2.45, 2.75) is 26.2 Å². The maximum Gasteiger partial charge on any atom is 0.231 e. The first kappa shape index (κ1) is 10.0. The molecular formula is C11H15NO. The molecule has 1 aliphatic rings. The molecule has 0 radical (unpaired) electrons. The molecule has 0 fully saturated rings. The van der Waals surface area contributed by atoms with Crippen LogP contribution in [0, 0.1) is 11.8 Å². The summed E-state index contributed by atoms with van der Waals surface area (Å²) in [5.74, 6) is 5.23. The van der Waals surface area contributed by atoms with Crippen molar-refractivity contribution in [3.63, 3.8) is 0 Å². The molecule has 0 saturated carbocycles. The van der Waals surface area contributed by atoms with Gasteiger partial charge in [0, 0.05) is 5.57 Å². The molecule has 0 saturated heterocycles. The molecule has 1 N–H and O–H groups in total. The largest absolute Gasteiger partial charge is 0.316 e. The summed E-state index contributed by atoms with van der Waals surface area (Å²) < 4.78 is 0. The van der Waals surface area contributed by atoms with E-state index < -0.39 is 0 Å². The number of ketones is 1. The second kappa shape index (κ2) is 5.55. The fourth-order valence-electron chi connectivity index (χ4n) is 1.38.